The zero-order valence-corrected chi connectivity index (χ0v) is 24.9. The van der Waals surface area contributed by atoms with E-state index in [2.05, 4.69) is 31.7 Å². The number of alkyl halides is 3. The molecule has 38 heavy (non-hydrogen) atoms. The zero-order valence-electron chi connectivity index (χ0n) is 23.3. The Kier molecular flexibility index (Phi) is 12.1. The summed E-state index contributed by atoms with van der Waals surface area (Å²) in [6.45, 7) is 14.0. The molecule has 1 rings (SSSR count). The smallest absolute Gasteiger partial charge is 0.364 e. The van der Waals surface area contributed by atoms with Gasteiger partial charge in [0.15, 0.2) is 10.2 Å². The van der Waals surface area contributed by atoms with Crippen LogP contribution < -0.4 is 27.2 Å². The van der Waals surface area contributed by atoms with Crippen molar-refractivity contribution in [3.05, 3.63) is 35.4 Å². The molecule has 0 bridgehead atoms. The van der Waals surface area contributed by atoms with Crippen LogP contribution in [-0.2, 0) is 11.2 Å². The summed E-state index contributed by atoms with van der Waals surface area (Å²) in [5, 5.41) is 15.1. The SMILES string of the molecule is CNC(=S)N/N=C(/C(C)=N/NC(=S)NC(C)(C)CCOC(C)(N)C(C)(C)C)c1ccc(CC(F)(F)F)cc1. The van der Waals surface area contributed by atoms with Gasteiger partial charge < -0.3 is 21.1 Å². The fraction of sp³-hybridized carbons (Fsp3) is 0.600. The number of hydrogen-bond donors (Lipinski definition) is 5. The second-order valence-corrected chi connectivity index (χ2v) is 11.6. The van der Waals surface area contributed by atoms with Gasteiger partial charge in [-0.05, 0) is 64.1 Å². The quantitative estimate of drug-likeness (QED) is 0.121. The van der Waals surface area contributed by atoms with E-state index in [1.165, 1.54) is 12.1 Å². The van der Waals surface area contributed by atoms with E-state index >= 15 is 0 Å². The molecule has 0 aliphatic carbocycles. The number of nitrogens with zero attached hydrogens (tertiary/aromatic N) is 2. The van der Waals surface area contributed by atoms with Crippen LogP contribution in [0.4, 0.5) is 13.2 Å². The minimum absolute atomic E-state index is 0.140. The van der Waals surface area contributed by atoms with Crippen LogP contribution in [0.2, 0.25) is 0 Å². The van der Waals surface area contributed by atoms with Gasteiger partial charge in [-0.1, -0.05) is 45.0 Å². The van der Waals surface area contributed by atoms with Gasteiger partial charge in [0.2, 0.25) is 0 Å². The maximum absolute atomic E-state index is 12.7. The lowest BCUT2D eigenvalue weighted by atomic mass is 9.85. The summed E-state index contributed by atoms with van der Waals surface area (Å²) in [6, 6.07) is 5.90. The van der Waals surface area contributed by atoms with Gasteiger partial charge in [-0.15, -0.1) is 0 Å². The number of hydrogen-bond acceptors (Lipinski definition) is 6. The molecule has 214 valence electrons. The van der Waals surface area contributed by atoms with E-state index in [0.717, 1.165) is 0 Å². The van der Waals surface area contributed by atoms with E-state index < -0.39 is 23.9 Å². The Balaban J connectivity index is 2.93. The molecule has 0 saturated carbocycles. The summed E-state index contributed by atoms with van der Waals surface area (Å²) >= 11 is 10.5. The van der Waals surface area contributed by atoms with Gasteiger partial charge in [0.1, 0.15) is 11.4 Å². The van der Waals surface area contributed by atoms with E-state index in [-0.39, 0.29) is 21.2 Å². The Morgan fingerprint density at radius 3 is 2.00 bits per heavy atom. The number of thiocarbonyl (C=S) groups is 2. The standard InChI is InChI=1S/C25H40F3N7OS2/c1-16(32-35-21(38)31-23(5,6)13-14-36-24(7,29)22(2,3)4)19(33-34-20(37)30-8)18-11-9-17(10-12-18)15-25(26,27)28/h9-12H,13-15,29H2,1-8H3,(H2,30,34,37)(H2,31,35,38)/b32-16+,33-19-. The second-order valence-electron chi connectivity index (χ2n) is 10.7. The van der Waals surface area contributed by atoms with E-state index in [1.54, 1.807) is 26.1 Å². The third-order valence-electron chi connectivity index (χ3n) is 5.87. The molecule has 1 unspecified atom stereocenters. The number of halogens is 3. The van der Waals surface area contributed by atoms with Crippen molar-refractivity contribution < 1.29 is 17.9 Å². The van der Waals surface area contributed by atoms with Crippen molar-refractivity contribution in [2.45, 2.75) is 78.7 Å². The van der Waals surface area contributed by atoms with Gasteiger partial charge in [-0.2, -0.15) is 23.4 Å². The average molecular weight is 576 g/mol. The Hall–Kier alpha value is -2.35. The van der Waals surface area contributed by atoms with E-state index in [9.17, 15) is 13.2 Å². The summed E-state index contributed by atoms with van der Waals surface area (Å²) in [4.78, 5) is 0. The van der Waals surface area contributed by atoms with Gasteiger partial charge in [0, 0.05) is 23.6 Å². The van der Waals surface area contributed by atoms with E-state index in [4.69, 9.17) is 34.9 Å². The monoisotopic (exact) mass is 575 g/mol. The highest BCUT2D eigenvalue weighted by Crippen LogP contribution is 2.29. The lowest BCUT2D eigenvalue weighted by Gasteiger charge is -2.39. The molecule has 0 radical (unpaired) electrons. The first-order valence-corrected chi connectivity index (χ1v) is 12.8. The third kappa shape index (κ3) is 12.0. The normalized spacial score (nSPS) is 14.9. The highest BCUT2D eigenvalue weighted by Gasteiger charge is 2.35. The van der Waals surface area contributed by atoms with Crippen LogP contribution in [0.3, 0.4) is 0 Å². The van der Waals surface area contributed by atoms with Crippen molar-refractivity contribution >= 4 is 46.1 Å². The number of rotatable bonds is 10. The summed E-state index contributed by atoms with van der Waals surface area (Å²) in [5.74, 6) is 0. The van der Waals surface area contributed by atoms with Gasteiger partial charge >= 0.3 is 6.18 Å². The molecule has 6 N–H and O–H groups in total. The fourth-order valence-corrected chi connectivity index (χ4v) is 3.22. The predicted octanol–water partition coefficient (Wildman–Crippen LogP) is 4.34. The molecule has 0 aliphatic heterocycles. The molecular weight excluding hydrogens is 535 g/mol. The van der Waals surface area contributed by atoms with Crippen LogP contribution >= 0.6 is 24.4 Å². The zero-order chi connectivity index (χ0) is 29.4. The topological polar surface area (TPSA) is 108 Å². The molecule has 0 amide bonds. The number of benzene rings is 1. The first kappa shape index (κ1) is 33.7. The lowest BCUT2D eigenvalue weighted by Crippen LogP contribution is -2.52. The highest BCUT2D eigenvalue weighted by molar-refractivity contribution is 7.80. The minimum atomic E-state index is -4.29. The first-order valence-electron chi connectivity index (χ1n) is 12.0. The van der Waals surface area contributed by atoms with Crippen LogP contribution in [-0.4, -0.2) is 52.7 Å². The van der Waals surface area contributed by atoms with E-state index in [0.29, 0.717) is 30.0 Å². The Morgan fingerprint density at radius 2 is 1.50 bits per heavy atom. The van der Waals surface area contributed by atoms with Crippen molar-refractivity contribution in [3.63, 3.8) is 0 Å². The second kappa shape index (κ2) is 13.6. The number of nitrogens with two attached hydrogens (primary N) is 1. The van der Waals surface area contributed by atoms with Gasteiger partial charge in [0.05, 0.1) is 18.7 Å². The lowest BCUT2D eigenvalue weighted by molar-refractivity contribution is -0.127. The van der Waals surface area contributed by atoms with Crippen LogP contribution in [0.15, 0.2) is 34.5 Å². The molecule has 0 fully saturated rings. The minimum Gasteiger partial charge on any atom is -0.364 e. The molecule has 1 atom stereocenters. The molecule has 1 aromatic carbocycles. The molecule has 8 nitrogen and oxygen atoms in total. The molecule has 0 aliphatic rings. The Bertz CT molecular complexity index is 1020. The number of hydrazone groups is 2. The van der Waals surface area contributed by atoms with Gasteiger partial charge in [-0.3, -0.25) is 10.9 Å². The summed E-state index contributed by atoms with van der Waals surface area (Å²) < 4.78 is 44.1. The van der Waals surface area contributed by atoms with Gasteiger partial charge in [0.25, 0.3) is 0 Å². The molecule has 0 spiro atoms. The van der Waals surface area contributed by atoms with Crippen LogP contribution in [0.1, 0.15) is 66.0 Å². The van der Waals surface area contributed by atoms with Crippen molar-refractivity contribution in [1.82, 2.24) is 21.5 Å². The number of ether oxygens (including phenoxy) is 1. The predicted molar refractivity (Wildman–Crippen MR) is 156 cm³/mol. The first-order chi connectivity index (χ1) is 17.3. The average Bonchev–Trinajstić information content (AvgIpc) is 2.76. The fourth-order valence-electron chi connectivity index (χ4n) is 2.85. The maximum atomic E-state index is 12.7. The molecule has 13 heteroatoms. The Labute approximate surface area is 234 Å². The molecule has 1 aromatic rings. The Morgan fingerprint density at radius 1 is 0.947 bits per heavy atom. The molecule has 0 heterocycles. The number of nitrogens with one attached hydrogen (secondary N) is 4. The van der Waals surface area contributed by atoms with Crippen molar-refractivity contribution in [2.24, 2.45) is 21.4 Å². The van der Waals surface area contributed by atoms with Crippen LogP contribution in [0, 0.1) is 5.41 Å². The third-order valence-corrected chi connectivity index (χ3v) is 6.35. The summed E-state index contributed by atoms with van der Waals surface area (Å²) in [6.07, 6.45) is -4.68. The van der Waals surface area contributed by atoms with Crippen molar-refractivity contribution in [3.8, 4) is 0 Å². The van der Waals surface area contributed by atoms with Crippen LogP contribution in [0.25, 0.3) is 0 Å². The van der Waals surface area contributed by atoms with Gasteiger partial charge in [-0.25, -0.2) is 0 Å². The highest BCUT2D eigenvalue weighted by atomic mass is 32.1. The summed E-state index contributed by atoms with van der Waals surface area (Å²) in [7, 11) is 1.63. The van der Waals surface area contributed by atoms with Crippen LogP contribution in [0.5, 0.6) is 0 Å². The summed E-state index contributed by atoms with van der Waals surface area (Å²) in [5.41, 5.74) is 11.8. The molecule has 0 saturated heterocycles. The van der Waals surface area contributed by atoms with Crippen molar-refractivity contribution in [2.75, 3.05) is 13.7 Å². The maximum Gasteiger partial charge on any atom is 0.393 e. The molecular formula is C25H40F3N7OS2. The van der Waals surface area contributed by atoms with E-state index in [1.807, 2.05) is 41.5 Å². The molecule has 0 aromatic heterocycles. The van der Waals surface area contributed by atoms with Crippen molar-refractivity contribution in [1.29, 1.82) is 0 Å². The largest absolute Gasteiger partial charge is 0.393 e.